The number of aliphatic hydroxyl groups is 1. The molecule has 1 amide bonds. The summed E-state index contributed by atoms with van der Waals surface area (Å²) in [5.41, 5.74) is 0.296. The molecule has 5 heteroatoms. The van der Waals surface area contributed by atoms with Crippen molar-refractivity contribution < 1.29 is 15.0 Å². The van der Waals surface area contributed by atoms with E-state index in [0.29, 0.717) is 13.0 Å². The van der Waals surface area contributed by atoms with Crippen LogP contribution in [0.5, 0.6) is 5.75 Å². The number of fused-ring (bicyclic) bond motifs is 1. The second-order valence-corrected chi connectivity index (χ2v) is 8.50. The van der Waals surface area contributed by atoms with Crippen molar-refractivity contribution >= 4 is 5.91 Å². The number of rotatable bonds is 2. The van der Waals surface area contributed by atoms with E-state index in [1.165, 1.54) is 12.8 Å². The van der Waals surface area contributed by atoms with E-state index >= 15 is 0 Å². The summed E-state index contributed by atoms with van der Waals surface area (Å²) < 4.78 is 0. The number of likely N-dealkylation sites (tertiary alicyclic amines) is 1. The van der Waals surface area contributed by atoms with Crippen molar-refractivity contribution in [2.75, 3.05) is 19.6 Å². The van der Waals surface area contributed by atoms with E-state index in [-0.39, 0.29) is 24.1 Å². The number of amides is 1. The molecule has 3 fully saturated rings. The maximum atomic E-state index is 12.4. The first-order chi connectivity index (χ1) is 12.0. The molecule has 5 rings (SSSR count). The predicted molar refractivity (Wildman–Crippen MR) is 93.4 cm³/mol. The Bertz CT molecular complexity index is 732. The van der Waals surface area contributed by atoms with Crippen LogP contribution in [0.3, 0.4) is 0 Å². The number of benzene rings is 1. The second-order valence-electron chi connectivity index (χ2n) is 8.50. The SMILES string of the molecule is O=C1C[C@]23CCN(CC4CC4)[C@H](Cc4cccc(O)c42)[C@]3(O)CCN1. The molecule has 2 aliphatic heterocycles. The lowest BCUT2D eigenvalue weighted by atomic mass is 9.52. The maximum Gasteiger partial charge on any atom is 0.221 e. The van der Waals surface area contributed by atoms with E-state index in [0.717, 1.165) is 43.0 Å². The number of nitrogens with zero attached hydrogens (tertiary/aromatic N) is 1. The molecule has 4 aliphatic rings. The van der Waals surface area contributed by atoms with E-state index in [1.807, 2.05) is 6.07 Å². The summed E-state index contributed by atoms with van der Waals surface area (Å²) in [6, 6.07) is 5.68. The zero-order valence-corrected chi connectivity index (χ0v) is 14.5. The Morgan fingerprint density at radius 1 is 1.28 bits per heavy atom. The second kappa shape index (κ2) is 5.21. The average molecular weight is 342 g/mol. The van der Waals surface area contributed by atoms with Crippen LogP contribution in [0.25, 0.3) is 0 Å². The molecule has 1 aromatic rings. The highest BCUT2D eigenvalue weighted by atomic mass is 16.3. The Balaban J connectivity index is 1.68. The van der Waals surface area contributed by atoms with Gasteiger partial charge < -0.3 is 15.5 Å². The van der Waals surface area contributed by atoms with Gasteiger partial charge in [-0.15, -0.1) is 0 Å². The standard InChI is InChI=1S/C20H26N2O3/c23-15-3-1-2-14-10-16-20(25)6-8-21-17(24)11-19(20,18(14)15)7-9-22(16)12-13-4-5-13/h1-3,13,16,23,25H,4-12H2,(H,21,24)/t16-,19-,20-/m1/s1. The number of hydrogen-bond acceptors (Lipinski definition) is 4. The molecule has 134 valence electrons. The molecule has 3 N–H and O–H groups in total. The van der Waals surface area contributed by atoms with Crippen LogP contribution in [-0.4, -0.2) is 52.3 Å². The largest absolute Gasteiger partial charge is 0.508 e. The van der Waals surface area contributed by atoms with Crippen LogP contribution in [-0.2, 0) is 16.6 Å². The number of carbonyl (C=O) groups is 1. The molecule has 0 unspecified atom stereocenters. The van der Waals surface area contributed by atoms with Gasteiger partial charge in [0.15, 0.2) is 0 Å². The third-order valence-electron chi connectivity index (χ3n) is 7.15. The molecule has 25 heavy (non-hydrogen) atoms. The van der Waals surface area contributed by atoms with Crippen molar-refractivity contribution in [3.8, 4) is 5.75 Å². The van der Waals surface area contributed by atoms with Gasteiger partial charge in [-0.3, -0.25) is 9.69 Å². The Morgan fingerprint density at radius 3 is 2.92 bits per heavy atom. The molecule has 0 spiro atoms. The molecule has 2 heterocycles. The average Bonchev–Trinajstić information content (AvgIpc) is 3.37. The fraction of sp³-hybridized carbons (Fsp3) is 0.650. The van der Waals surface area contributed by atoms with E-state index < -0.39 is 11.0 Å². The molecule has 5 nitrogen and oxygen atoms in total. The van der Waals surface area contributed by atoms with Crippen molar-refractivity contribution in [3.05, 3.63) is 29.3 Å². The third-order valence-corrected chi connectivity index (χ3v) is 7.15. The van der Waals surface area contributed by atoms with Crippen molar-refractivity contribution in [2.24, 2.45) is 5.92 Å². The van der Waals surface area contributed by atoms with Gasteiger partial charge in [-0.05, 0) is 56.2 Å². The number of phenols is 1. The van der Waals surface area contributed by atoms with Crippen LogP contribution in [0.2, 0.25) is 0 Å². The Labute approximate surface area is 148 Å². The van der Waals surface area contributed by atoms with Gasteiger partial charge in [-0.25, -0.2) is 0 Å². The first kappa shape index (κ1) is 15.6. The van der Waals surface area contributed by atoms with Crippen molar-refractivity contribution in [1.29, 1.82) is 0 Å². The third kappa shape index (κ3) is 2.12. The van der Waals surface area contributed by atoms with Crippen LogP contribution in [0.15, 0.2) is 18.2 Å². The van der Waals surface area contributed by atoms with Gasteiger partial charge in [0, 0.05) is 36.5 Å². The monoisotopic (exact) mass is 342 g/mol. The summed E-state index contributed by atoms with van der Waals surface area (Å²) in [6.07, 6.45) is 4.89. The highest BCUT2D eigenvalue weighted by Crippen LogP contribution is 2.57. The van der Waals surface area contributed by atoms with Gasteiger partial charge in [-0.1, -0.05) is 12.1 Å². The zero-order valence-electron chi connectivity index (χ0n) is 14.5. The molecular formula is C20H26N2O3. The van der Waals surface area contributed by atoms with Crippen LogP contribution in [0.4, 0.5) is 0 Å². The fourth-order valence-corrected chi connectivity index (χ4v) is 5.80. The summed E-state index contributed by atoms with van der Waals surface area (Å²) in [4.78, 5) is 14.9. The Hall–Kier alpha value is -1.59. The minimum Gasteiger partial charge on any atom is -0.508 e. The van der Waals surface area contributed by atoms with E-state index in [1.54, 1.807) is 6.07 Å². The van der Waals surface area contributed by atoms with Crippen molar-refractivity contribution in [1.82, 2.24) is 10.2 Å². The summed E-state index contributed by atoms with van der Waals surface area (Å²) in [5, 5.41) is 25.6. The normalized spacial score (nSPS) is 37.6. The van der Waals surface area contributed by atoms with Crippen LogP contribution in [0.1, 0.15) is 43.2 Å². The van der Waals surface area contributed by atoms with E-state index in [9.17, 15) is 15.0 Å². The highest BCUT2D eigenvalue weighted by molar-refractivity contribution is 5.79. The van der Waals surface area contributed by atoms with Gasteiger partial charge >= 0.3 is 0 Å². The molecule has 2 saturated heterocycles. The lowest BCUT2D eigenvalue weighted by molar-refractivity contribution is -0.154. The number of piperidine rings is 1. The summed E-state index contributed by atoms with van der Waals surface area (Å²) in [5.74, 6) is 0.994. The Morgan fingerprint density at radius 2 is 2.12 bits per heavy atom. The topological polar surface area (TPSA) is 72.8 Å². The molecule has 0 aromatic heterocycles. The van der Waals surface area contributed by atoms with Crippen LogP contribution < -0.4 is 5.32 Å². The highest BCUT2D eigenvalue weighted by Gasteiger charge is 2.64. The van der Waals surface area contributed by atoms with E-state index in [2.05, 4.69) is 16.3 Å². The zero-order chi connectivity index (χ0) is 17.2. The number of hydrogen-bond donors (Lipinski definition) is 3. The number of carbonyl (C=O) groups excluding carboxylic acids is 1. The molecule has 1 saturated carbocycles. The van der Waals surface area contributed by atoms with Gasteiger partial charge in [0.05, 0.1) is 5.60 Å². The fourth-order valence-electron chi connectivity index (χ4n) is 5.80. The van der Waals surface area contributed by atoms with Gasteiger partial charge in [-0.2, -0.15) is 0 Å². The van der Waals surface area contributed by atoms with Gasteiger partial charge in [0.2, 0.25) is 5.91 Å². The minimum atomic E-state index is -0.967. The lowest BCUT2D eigenvalue weighted by Gasteiger charge is -2.61. The van der Waals surface area contributed by atoms with Crippen LogP contribution in [0, 0.1) is 5.92 Å². The smallest absolute Gasteiger partial charge is 0.221 e. The molecular weight excluding hydrogens is 316 g/mol. The summed E-state index contributed by atoms with van der Waals surface area (Å²) >= 11 is 0. The molecule has 0 radical (unpaired) electrons. The minimum absolute atomic E-state index is 0.0126. The van der Waals surface area contributed by atoms with Crippen LogP contribution >= 0.6 is 0 Å². The first-order valence-corrected chi connectivity index (χ1v) is 9.58. The summed E-state index contributed by atoms with van der Waals surface area (Å²) in [6.45, 7) is 2.46. The van der Waals surface area contributed by atoms with Gasteiger partial charge in [0.25, 0.3) is 0 Å². The summed E-state index contributed by atoms with van der Waals surface area (Å²) in [7, 11) is 0. The maximum absolute atomic E-state index is 12.4. The number of aromatic hydroxyl groups is 1. The Kier molecular flexibility index (Phi) is 3.26. The molecule has 2 aliphatic carbocycles. The molecule has 3 atom stereocenters. The quantitative estimate of drug-likeness (QED) is 0.758. The van der Waals surface area contributed by atoms with E-state index in [4.69, 9.17) is 0 Å². The predicted octanol–water partition coefficient (Wildman–Crippen LogP) is 1.31. The lowest BCUT2D eigenvalue weighted by Crippen LogP contribution is -2.71. The molecule has 1 aromatic carbocycles. The van der Waals surface area contributed by atoms with Crippen molar-refractivity contribution in [2.45, 2.75) is 55.6 Å². The number of nitrogens with one attached hydrogen (secondary N) is 1. The van der Waals surface area contributed by atoms with Gasteiger partial charge in [0.1, 0.15) is 5.75 Å². The molecule has 2 bridgehead atoms. The van der Waals surface area contributed by atoms with Crippen molar-refractivity contribution in [3.63, 3.8) is 0 Å². The first-order valence-electron chi connectivity index (χ1n) is 9.58. The number of phenolic OH excluding ortho intramolecular Hbond substituents is 1.